The molecule has 84 valence electrons. The predicted molar refractivity (Wildman–Crippen MR) is 58.5 cm³/mol. The van der Waals surface area contributed by atoms with E-state index in [0.717, 1.165) is 32.8 Å². The third kappa shape index (κ3) is 2.79. The number of ether oxygens (including phenoxy) is 1. The summed E-state index contributed by atoms with van der Waals surface area (Å²) in [5, 5.41) is 3.46. The highest BCUT2D eigenvalue weighted by molar-refractivity contribution is 4.97. The number of rotatable bonds is 5. The van der Waals surface area contributed by atoms with Crippen molar-refractivity contribution in [3.63, 3.8) is 0 Å². The Bertz CT molecular complexity index is 292. The zero-order chi connectivity index (χ0) is 10.5. The zero-order valence-corrected chi connectivity index (χ0v) is 9.28. The lowest BCUT2D eigenvalue weighted by atomic mass is 10.1. The van der Waals surface area contributed by atoms with E-state index in [-0.39, 0.29) is 0 Å². The minimum atomic E-state index is 0.697. The van der Waals surface area contributed by atoms with Crippen molar-refractivity contribution >= 4 is 0 Å². The van der Waals surface area contributed by atoms with Crippen LogP contribution in [0.15, 0.2) is 12.5 Å². The van der Waals surface area contributed by atoms with Crippen molar-refractivity contribution in [1.82, 2.24) is 14.9 Å². The highest BCUT2D eigenvalue weighted by atomic mass is 16.5. The highest BCUT2D eigenvalue weighted by Gasteiger charge is 2.14. The number of imidazole rings is 1. The van der Waals surface area contributed by atoms with Gasteiger partial charge in [-0.1, -0.05) is 0 Å². The van der Waals surface area contributed by atoms with E-state index in [4.69, 9.17) is 4.74 Å². The first kappa shape index (κ1) is 10.6. The average Bonchev–Trinajstić information content (AvgIpc) is 2.88. The van der Waals surface area contributed by atoms with Crippen molar-refractivity contribution in [3.8, 4) is 0 Å². The Kier molecular flexibility index (Phi) is 3.75. The molecule has 1 atom stereocenters. The van der Waals surface area contributed by atoms with Gasteiger partial charge < -0.3 is 14.6 Å². The summed E-state index contributed by atoms with van der Waals surface area (Å²) in [7, 11) is 0. The Labute approximate surface area is 90.6 Å². The van der Waals surface area contributed by atoms with Crippen LogP contribution in [0, 0.1) is 5.92 Å². The van der Waals surface area contributed by atoms with Gasteiger partial charge >= 0.3 is 0 Å². The molecule has 0 aliphatic carbocycles. The van der Waals surface area contributed by atoms with Crippen LogP contribution in [0.5, 0.6) is 0 Å². The molecule has 0 aromatic carbocycles. The SMILES string of the molecule is CCn1cncc1CNCC1CCOC1. The molecule has 1 N–H and O–H groups in total. The van der Waals surface area contributed by atoms with E-state index in [1.807, 2.05) is 12.5 Å². The van der Waals surface area contributed by atoms with Gasteiger partial charge in [-0.05, 0) is 19.3 Å². The molecule has 1 saturated heterocycles. The summed E-state index contributed by atoms with van der Waals surface area (Å²) in [5.74, 6) is 0.697. The van der Waals surface area contributed by atoms with Gasteiger partial charge in [-0.2, -0.15) is 0 Å². The first-order valence-electron chi connectivity index (χ1n) is 5.67. The number of aromatic nitrogens is 2. The van der Waals surface area contributed by atoms with E-state index in [1.165, 1.54) is 12.1 Å². The van der Waals surface area contributed by atoms with E-state index >= 15 is 0 Å². The van der Waals surface area contributed by atoms with Crippen molar-refractivity contribution < 1.29 is 4.74 Å². The first-order valence-corrected chi connectivity index (χ1v) is 5.67. The third-order valence-electron chi connectivity index (χ3n) is 2.90. The van der Waals surface area contributed by atoms with Gasteiger partial charge in [-0.3, -0.25) is 0 Å². The van der Waals surface area contributed by atoms with E-state index < -0.39 is 0 Å². The largest absolute Gasteiger partial charge is 0.381 e. The fourth-order valence-electron chi connectivity index (χ4n) is 1.93. The monoisotopic (exact) mass is 209 g/mol. The van der Waals surface area contributed by atoms with Gasteiger partial charge in [0.1, 0.15) is 0 Å². The van der Waals surface area contributed by atoms with Crippen LogP contribution in [0.4, 0.5) is 0 Å². The summed E-state index contributed by atoms with van der Waals surface area (Å²) in [4.78, 5) is 4.14. The summed E-state index contributed by atoms with van der Waals surface area (Å²) in [6.07, 6.45) is 5.01. The molecule has 4 heteroatoms. The fourth-order valence-corrected chi connectivity index (χ4v) is 1.93. The maximum atomic E-state index is 5.33. The molecule has 1 fully saturated rings. The molecular weight excluding hydrogens is 190 g/mol. The normalized spacial score (nSPS) is 21.0. The smallest absolute Gasteiger partial charge is 0.0948 e. The van der Waals surface area contributed by atoms with Crippen LogP contribution in [0.3, 0.4) is 0 Å². The van der Waals surface area contributed by atoms with Gasteiger partial charge in [-0.15, -0.1) is 0 Å². The molecule has 2 rings (SSSR count). The van der Waals surface area contributed by atoms with Gasteiger partial charge in [0.25, 0.3) is 0 Å². The summed E-state index contributed by atoms with van der Waals surface area (Å²) in [5.41, 5.74) is 1.26. The lowest BCUT2D eigenvalue weighted by Gasteiger charge is -2.10. The Hall–Kier alpha value is -0.870. The van der Waals surface area contributed by atoms with E-state index in [1.54, 1.807) is 0 Å². The summed E-state index contributed by atoms with van der Waals surface area (Å²) >= 11 is 0. The lowest BCUT2D eigenvalue weighted by Crippen LogP contribution is -2.23. The van der Waals surface area contributed by atoms with Gasteiger partial charge in [0.05, 0.1) is 18.6 Å². The Balaban J connectivity index is 1.73. The molecule has 1 aromatic heterocycles. The Morgan fingerprint density at radius 1 is 1.67 bits per heavy atom. The second-order valence-corrected chi connectivity index (χ2v) is 4.03. The van der Waals surface area contributed by atoms with Crippen LogP contribution in [0.25, 0.3) is 0 Å². The van der Waals surface area contributed by atoms with Crippen molar-refractivity contribution in [2.24, 2.45) is 5.92 Å². The highest BCUT2D eigenvalue weighted by Crippen LogP contribution is 2.10. The summed E-state index contributed by atoms with van der Waals surface area (Å²) < 4.78 is 7.50. The standard InChI is InChI=1S/C11H19N3O/c1-2-14-9-13-7-11(14)6-12-5-10-3-4-15-8-10/h7,9-10,12H,2-6,8H2,1H3. The number of hydrogen-bond donors (Lipinski definition) is 1. The minimum Gasteiger partial charge on any atom is -0.381 e. The molecule has 0 radical (unpaired) electrons. The number of nitrogens with one attached hydrogen (secondary N) is 1. The molecule has 1 aliphatic heterocycles. The first-order chi connectivity index (χ1) is 7.40. The van der Waals surface area contributed by atoms with Crippen LogP contribution in [0.1, 0.15) is 19.0 Å². The molecule has 0 spiro atoms. The zero-order valence-electron chi connectivity index (χ0n) is 9.28. The molecule has 1 aromatic rings. The lowest BCUT2D eigenvalue weighted by molar-refractivity contribution is 0.185. The Morgan fingerprint density at radius 3 is 3.33 bits per heavy atom. The summed E-state index contributed by atoms with van der Waals surface area (Å²) in [6.45, 7) is 6.93. The molecule has 15 heavy (non-hydrogen) atoms. The maximum absolute atomic E-state index is 5.33. The molecule has 4 nitrogen and oxygen atoms in total. The summed E-state index contributed by atoms with van der Waals surface area (Å²) in [6, 6.07) is 0. The maximum Gasteiger partial charge on any atom is 0.0948 e. The molecule has 1 unspecified atom stereocenters. The van der Waals surface area contributed by atoms with Crippen molar-refractivity contribution in [3.05, 3.63) is 18.2 Å². The van der Waals surface area contributed by atoms with E-state index in [0.29, 0.717) is 5.92 Å². The van der Waals surface area contributed by atoms with Crippen LogP contribution in [-0.4, -0.2) is 29.3 Å². The quantitative estimate of drug-likeness (QED) is 0.787. The third-order valence-corrected chi connectivity index (χ3v) is 2.90. The number of nitrogens with zero attached hydrogens (tertiary/aromatic N) is 2. The van der Waals surface area contributed by atoms with Gasteiger partial charge in [0, 0.05) is 32.4 Å². The van der Waals surface area contributed by atoms with E-state index in [9.17, 15) is 0 Å². The van der Waals surface area contributed by atoms with Crippen molar-refractivity contribution in [1.29, 1.82) is 0 Å². The topological polar surface area (TPSA) is 39.1 Å². The second kappa shape index (κ2) is 5.28. The predicted octanol–water partition coefficient (Wildman–Crippen LogP) is 1.03. The molecule has 2 heterocycles. The van der Waals surface area contributed by atoms with Crippen LogP contribution in [-0.2, 0) is 17.8 Å². The van der Waals surface area contributed by atoms with Crippen LogP contribution >= 0.6 is 0 Å². The fraction of sp³-hybridized carbons (Fsp3) is 0.727. The van der Waals surface area contributed by atoms with E-state index in [2.05, 4.69) is 21.8 Å². The van der Waals surface area contributed by atoms with Crippen LogP contribution < -0.4 is 5.32 Å². The number of hydrogen-bond acceptors (Lipinski definition) is 3. The molecule has 0 bridgehead atoms. The average molecular weight is 209 g/mol. The van der Waals surface area contributed by atoms with Crippen molar-refractivity contribution in [2.45, 2.75) is 26.4 Å². The minimum absolute atomic E-state index is 0.697. The van der Waals surface area contributed by atoms with Crippen LogP contribution in [0.2, 0.25) is 0 Å². The van der Waals surface area contributed by atoms with Gasteiger partial charge in [-0.25, -0.2) is 4.98 Å². The molecule has 1 aliphatic rings. The van der Waals surface area contributed by atoms with Crippen molar-refractivity contribution in [2.75, 3.05) is 19.8 Å². The number of aryl methyl sites for hydroxylation is 1. The second-order valence-electron chi connectivity index (χ2n) is 4.03. The Morgan fingerprint density at radius 2 is 2.60 bits per heavy atom. The van der Waals surface area contributed by atoms with Gasteiger partial charge in [0.2, 0.25) is 0 Å². The molecule has 0 saturated carbocycles. The molecular formula is C11H19N3O. The molecule has 0 amide bonds. The van der Waals surface area contributed by atoms with Gasteiger partial charge in [0.15, 0.2) is 0 Å².